The van der Waals surface area contributed by atoms with Crippen LogP contribution < -0.4 is 5.73 Å². The van der Waals surface area contributed by atoms with E-state index in [-0.39, 0.29) is 11.6 Å². The Hall–Kier alpha value is -3.71. The number of primary amides is 1. The Balaban J connectivity index is 1.89. The first-order valence-electron chi connectivity index (χ1n) is 12.1. The molecule has 0 aliphatic carbocycles. The number of nitrogens with two attached hydrogens (primary N) is 1. The van der Waals surface area contributed by atoms with Gasteiger partial charge in [0, 0.05) is 19.4 Å². The van der Waals surface area contributed by atoms with Crippen LogP contribution >= 0.6 is 0 Å². The standard InChI is InChI=1S/C26H32N4O6/c1-5-7-8-9-18-10-12-19(13-11-18)14-15-21-28-25(24(27)33)30(29-21)26-23(35-17(4)32)22(34-16(3)31)20(6-2)36-26/h10-13,20,22-23,26H,5-9H2,1-4H3,(H2,27,33)/t20-,22?,23+,26-/m1/s1. The van der Waals surface area contributed by atoms with Crippen molar-refractivity contribution in [2.45, 2.75) is 84.3 Å². The summed E-state index contributed by atoms with van der Waals surface area (Å²) in [7, 11) is 0. The second-order valence-corrected chi connectivity index (χ2v) is 8.59. The van der Waals surface area contributed by atoms with Crippen LogP contribution in [0, 0.1) is 11.8 Å². The van der Waals surface area contributed by atoms with Crippen molar-refractivity contribution < 1.29 is 28.6 Å². The van der Waals surface area contributed by atoms with Crippen molar-refractivity contribution >= 4 is 17.8 Å². The maximum atomic E-state index is 12.2. The first kappa shape index (κ1) is 26.9. The number of amides is 1. The van der Waals surface area contributed by atoms with Crippen LogP contribution in [-0.4, -0.2) is 50.9 Å². The van der Waals surface area contributed by atoms with Crippen molar-refractivity contribution in [3.8, 4) is 11.8 Å². The van der Waals surface area contributed by atoms with Gasteiger partial charge in [0.15, 0.2) is 18.4 Å². The molecule has 1 saturated heterocycles. The van der Waals surface area contributed by atoms with E-state index in [0.717, 1.165) is 23.1 Å². The zero-order chi connectivity index (χ0) is 26.2. The Morgan fingerprint density at radius 1 is 1.03 bits per heavy atom. The van der Waals surface area contributed by atoms with E-state index in [2.05, 4.69) is 28.8 Å². The van der Waals surface area contributed by atoms with Crippen molar-refractivity contribution in [2.24, 2.45) is 5.73 Å². The molecule has 1 aliphatic rings. The van der Waals surface area contributed by atoms with Gasteiger partial charge < -0.3 is 19.9 Å². The molecule has 2 aromatic rings. The lowest BCUT2D eigenvalue weighted by atomic mass is 10.1. The van der Waals surface area contributed by atoms with Gasteiger partial charge in [-0.1, -0.05) is 44.7 Å². The van der Waals surface area contributed by atoms with Crippen molar-refractivity contribution in [2.75, 3.05) is 0 Å². The number of carbonyl (C=O) groups excluding carboxylic acids is 3. The molecular formula is C26H32N4O6. The Labute approximate surface area is 210 Å². The van der Waals surface area contributed by atoms with Gasteiger partial charge in [-0.15, -0.1) is 5.10 Å². The third-order valence-electron chi connectivity index (χ3n) is 5.73. The number of hydrogen-bond donors (Lipinski definition) is 1. The molecule has 10 heteroatoms. The van der Waals surface area contributed by atoms with Gasteiger partial charge in [0.2, 0.25) is 11.6 Å². The van der Waals surface area contributed by atoms with Crippen molar-refractivity contribution in [1.29, 1.82) is 0 Å². The molecule has 4 atom stereocenters. The SMILES string of the molecule is CCCCCc1ccc(C#Cc2nc(C(N)=O)n([C@@H]3O[C@H](CC)C(OC(C)=O)[C@@H]3OC(C)=O)n2)cc1. The Bertz CT molecular complexity index is 1150. The Kier molecular flexibility index (Phi) is 9.19. The van der Waals surface area contributed by atoms with Crippen LogP contribution in [-0.2, 0) is 30.2 Å². The van der Waals surface area contributed by atoms with E-state index in [9.17, 15) is 14.4 Å². The molecule has 192 valence electrons. The first-order valence-corrected chi connectivity index (χ1v) is 12.1. The van der Waals surface area contributed by atoms with Crippen LogP contribution in [0.15, 0.2) is 24.3 Å². The summed E-state index contributed by atoms with van der Waals surface area (Å²) < 4.78 is 17.9. The van der Waals surface area contributed by atoms with E-state index >= 15 is 0 Å². The highest BCUT2D eigenvalue weighted by atomic mass is 16.6. The molecule has 36 heavy (non-hydrogen) atoms. The smallest absolute Gasteiger partial charge is 0.303 e. The molecule has 0 saturated carbocycles. The van der Waals surface area contributed by atoms with Crippen LogP contribution in [0.1, 0.15) is 87.2 Å². The predicted molar refractivity (Wildman–Crippen MR) is 129 cm³/mol. The van der Waals surface area contributed by atoms with Crippen LogP contribution in [0.5, 0.6) is 0 Å². The number of nitrogens with zero attached hydrogens (tertiary/aromatic N) is 3. The Morgan fingerprint density at radius 2 is 1.69 bits per heavy atom. The van der Waals surface area contributed by atoms with Gasteiger partial charge in [-0.3, -0.25) is 14.4 Å². The fraction of sp³-hybridized carbons (Fsp3) is 0.500. The molecule has 2 N–H and O–H groups in total. The molecule has 10 nitrogen and oxygen atoms in total. The highest BCUT2D eigenvalue weighted by molar-refractivity contribution is 5.89. The quantitative estimate of drug-likeness (QED) is 0.318. The average Bonchev–Trinajstić information content (AvgIpc) is 3.40. The number of unbranched alkanes of at least 4 members (excludes halogenated alkanes) is 2. The minimum absolute atomic E-state index is 0.0463. The van der Waals surface area contributed by atoms with Gasteiger partial charge in [-0.25, -0.2) is 4.68 Å². The number of rotatable bonds is 9. The summed E-state index contributed by atoms with van der Waals surface area (Å²) >= 11 is 0. The van der Waals surface area contributed by atoms with Crippen LogP contribution in [0.25, 0.3) is 0 Å². The molecule has 1 amide bonds. The van der Waals surface area contributed by atoms with E-state index in [1.807, 2.05) is 31.2 Å². The summed E-state index contributed by atoms with van der Waals surface area (Å²) in [6, 6.07) is 7.92. The number of hydrogen-bond acceptors (Lipinski definition) is 8. The monoisotopic (exact) mass is 496 g/mol. The van der Waals surface area contributed by atoms with E-state index in [4.69, 9.17) is 19.9 Å². The van der Waals surface area contributed by atoms with Gasteiger partial charge in [0.05, 0.1) is 0 Å². The van der Waals surface area contributed by atoms with E-state index in [1.54, 1.807) is 0 Å². The summed E-state index contributed by atoms with van der Waals surface area (Å²) in [6.07, 6.45) is 1.35. The largest absolute Gasteiger partial charge is 0.456 e. The summed E-state index contributed by atoms with van der Waals surface area (Å²) in [5.74, 6) is 3.64. The minimum Gasteiger partial charge on any atom is -0.456 e. The molecule has 2 heterocycles. The average molecular weight is 497 g/mol. The lowest BCUT2D eigenvalue weighted by Gasteiger charge is -2.23. The molecule has 1 unspecified atom stereocenters. The van der Waals surface area contributed by atoms with E-state index in [0.29, 0.717) is 6.42 Å². The summed E-state index contributed by atoms with van der Waals surface area (Å²) in [6.45, 7) is 6.48. The number of ether oxygens (including phenoxy) is 3. The first-order chi connectivity index (χ1) is 17.2. The maximum Gasteiger partial charge on any atom is 0.303 e. The van der Waals surface area contributed by atoms with Crippen LogP contribution in [0.2, 0.25) is 0 Å². The Morgan fingerprint density at radius 3 is 2.28 bits per heavy atom. The normalized spacial score (nSPS) is 20.9. The fourth-order valence-electron chi connectivity index (χ4n) is 4.07. The zero-order valence-corrected chi connectivity index (χ0v) is 21.0. The van der Waals surface area contributed by atoms with E-state index < -0.39 is 42.4 Å². The van der Waals surface area contributed by atoms with E-state index in [1.165, 1.54) is 32.3 Å². The lowest BCUT2D eigenvalue weighted by molar-refractivity contribution is -0.165. The predicted octanol–water partition coefficient (Wildman–Crippen LogP) is 2.68. The number of benzene rings is 1. The number of carbonyl (C=O) groups is 3. The lowest BCUT2D eigenvalue weighted by Crippen LogP contribution is -2.39. The second-order valence-electron chi connectivity index (χ2n) is 8.59. The van der Waals surface area contributed by atoms with Crippen molar-refractivity contribution in [1.82, 2.24) is 14.8 Å². The van der Waals surface area contributed by atoms with Crippen LogP contribution in [0.4, 0.5) is 0 Å². The van der Waals surface area contributed by atoms with Gasteiger partial charge in [0.25, 0.3) is 5.91 Å². The zero-order valence-electron chi connectivity index (χ0n) is 21.0. The highest BCUT2D eigenvalue weighted by Gasteiger charge is 2.50. The summed E-state index contributed by atoms with van der Waals surface area (Å²) in [5, 5.41) is 4.31. The van der Waals surface area contributed by atoms with Crippen molar-refractivity contribution in [3.63, 3.8) is 0 Å². The fourth-order valence-corrected chi connectivity index (χ4v) is 4.07. The molecule has 1 aliphatic heterocycles. The summed E-state index contributed by atoms with van der Waals surface area (Å²) in [4.78, 5) is 39.8. The molecule has 1 aromatic heterocycles. The van der Waals surface area contributed by atoms with Crippen LogP contribution in [0.3, 0.4) is 0 Å². The molecule has 0 spiro atoms. The third kappa shape index (κ3) is 6.70. The third-order valence-corrected chi connectivity index (χ3v) is 5.73. The molecule has 1 fully saturated rings. The second kappa shape index (κ2) is 12.3. The summed E-state index contributed by atoms with van der Waals surface area (Å²) in [5.41, 5.74) is 7.55. The topological polar surface area (TPSA) is 136 Å². The molecule has 1 aromatic carbocycles. The number of aryl methyl sites for hydroxylation is 1. The molecule has 3 rings (SSSR count). The van der Waals surface area contributed by atoms with Gasteiger partial charge >= 0.3 is 11.9 Å². The molecular weight excluding hydrogens is 464 g/mol. The maximum absolute atomic E-state index is 12.2. The number of esters is 2. The van der Waals surface area contributed by atoms with Gasteiger partial charge in [-0.2, -0.15) is 4.98 Å². The molecule has 0 bridgehead atoms. The number of aromatic nitrogens is 3. The minimum atomic E-state index is -1.09. The van der Waals surface area contributed by atoms with Gasteiger partial charge in [0.1, 0.15) is 6.10 Å². The van der Waals surface area contributed by atoms with Gasteiger partial charge in [-0.05, 0) is 42.9 Å². The highest BCUT2D eigenvalue weighted by Crippen LogP contribution is 2.35. The molecule has 0 radical (unpaired) electrons. The van der Waals surface area contributed by atoms with Crippen molar-refractivity contribution in [3.05, 3.63) is 47.0 Å².